The lowest BCUT2D eigenvalue weighted by atomic mass is 10.1. The van der Waals surface area contributed by atoms with Gasteiger partial charge in [-0.15, -0.1) is 0 Å². The van der Waals surface area contributed by atoms with Crippen molar-refractivity contribution in [3.63, 3.8) is 0 Å². The number of rotatable bonds is 3. The van der Waals surface area contributed by atoms with Crippen LogP contribution in [-0.2, 0) is 11.3 Å². The summed E-state index contributed by atoms with van der Waals surface area (Å²) in [5.41, 5.74) is 2.82. The van der Waals surface area contributed by atoms with E-state index in [1.807, 2.05) is 31.2 Å². The molecular formula is C18H15FN2O2. The standard InChI is InChI=1S/C18H15FN2O2/c1-12-2-4-14(5-3-12)11-21-17(22)16(20-18(21)23)10-13-6-8-15(19)9-7-13/h2-10H,11H2,1H3,(H,20,23). The third-order valence-corrected chi connectivity index (χ3v) is 3.60. The first-order valence-electron chi connectivity index (χ1n) is 7.18. The molecule has 1 aliphatic rings. The highest BCUT2D eigenvalue weighted by Gasteiger charge is 2.33. The van der Waals surface area contributed by atoms with Crippen molar-refractivity contribution in [2.24, 2.45) is 0 Å². The first kappa shape index (κ1) is 15.0. The number of nitrogens with one attached hydrogen (secondary N) is 1. The van der Waals surface area contributed by atoms with E-state index in [4.69, 9.17) is 0 Å². The largest absolute Gasteiger partial charge is 0.329 e. The molecule has 0 unspecified atom stereocenters. The maximum absolute atomic E-state index is 12.9. The molecule has 1 heterocycles. The topological polar surface area (TPSA) is 49.4 Å². The minimum atomic E-state index is -0.455. The summed E-state index contributed by atoms with van der Waals surface area (Å²) in [6, 6.07) is 12.9. The number of carbonyl (C=O) groups excluding carboxylic acids is 2. The van der Waals surface area contributed by atoms with Gasteiger partial charge in [0.05, 0.1) is 6.54 Å². The lowest BCUT2D eigenvalue weighted by Crippen LogP contribution is -2.30. The Morgan fingerprint density at radius 1 is 1.04 bits per heavy atom. The minimum absolute atomic E-state index is 0.189. The molecule has 3 rings (SSSR count). The van der Waals surface area contributed by atoms with Crippen molar-refractivity contribution in [3.8, 4) is 0 Å². The van der Waals surface area contributed by atoms with Crippen LogP contribution in [0.5, 0.6) is 0 Å². The molecule has 0 bridgehead atoms. The Hall–Kier alpha value is -2.95. The molecule has 1 saturated heterocycles. The lowest BCUT2D eigenvalue weighted by Gasteiger charge is -2.11. The molecule has 5 heteroatoms. The van der Waals surface area contributed by atoms with Gasteiger partial charge in [0.25, 0.3) is 5.91 Å². The molecule has 0 aromatic heterocycles. The van der Waals surface area contributed by atoms with Crippen molar-refractivity contribution in [1.82, 2.24) is 10.2 Å². The SMILES string of the molecule is Cc1ccc(CN2C(=O)NC(=Cc3ccc(F)cc3)C2=O)cc1. The van der Waals surface area contributed by atoms with E-state index in [1.54, 1.807) is 12.1 Å². The third-order valence-electron chi connectivity index (χ3n) is 3.60. The van der Waals surface area contributed by atoms with Crippen LogP contribution in [0.3, 0.4) is 0 Å². The number of urea groups is 1. The molecule has 1 N–H and O–H groups in total. The van der Waals surface area contributed by atoms with Crippen LogP contribution in [0, 0.1) is 12.7 Å². The summed E-state index contributed by atoms with van der Waals surface area (Å²) in [5.74, 6) is -0.741. The van der Waals surface area contributed by atoms with Crippen molar-refractivity contribution >= 4 is 18.0 Å². The highest BCUT2D eigenvalue weighted by atomic mass is 19.1. The molecule has 2 aromatic carbocycles. The maximum atomic E-state index is 12.9. The molecule has 23 heavy (non-hydrogen) atoms. The van der Waals surface area contributed by atoms with Crippen LogP contribution < -0.4 is 5.32 Å². The van der Waals surface area contributed by atoms with Gasteiger partial charge in [-0.2, -0.15) is 0 Å². The van der Waals surface area contributed by atoms with Gasteiger partial charge in [-0.25, -0.2) is 9.18 Å². The van der Waals surface area contributed by atoms with Gasteiger partial charge in [0.1, 0.15) is 11.5 Å². The van der Waals surface area contributed by atoms with Crippen LogP contribution in [0.25, 0.3) is 6.08 Å². The van der Waals surface area contributed by atoms with Gasteiger partial charge in [0, 0.05) is 0 Å². The average Bonchev–Trinajstić information content (AvgIpc) is 2.79. The number of halogens is 1. The second-order valence-electron chi connectivity index (χ2n) is 5.42. The van der Waals surface area contributed by atoms with E-state index in [-0.39, 0.29) is 24.0 Å². The Balaban J connectivity index is 1.79. The molecule has 0 radical (unpaired) electrons. The Morgan fingerprint density at radius 2 is 1.70 bits per heavy atom. The number of hydrogen-bond donors (Lipinski definition) is 1. The summed E-state index contributed by atoms with van der Waals surface area (Å²) in [6.45, 7) is 2.19. The summed E-state index contributed by atoms with van der Waals surface area (Å²) >= 11 is 0. The normalized spacial score (nSPS) is 16.1. The monoisotopic (exact) mass is 310 g/mol. The van der Waals surface area contributed by atoms with Gasteiger partial charge in [0.15, 0.2) is 0 Å². The molecular weight excluding hydrogens is 295 g/mol. The van der Waals surface area contributed by atoms with E-state index < -0.39 is 6.03 Å². The van der Waals surface area contributed by atoms with Gasteiger partial charge >= 0.3 is 6.03 Å². The number of aryl methyl sites for hydroxylation is 1. The van der Waals surface area contributed by atoms with Crippen LogP contribution in [0.4, 0.5) is 9.18 Å². The molecule has 0 spiro atoms. The van der Waals surface area contributed by atoms with Gasteiger partial charge in [0.2, 0.25) is 0 Å². The number of nitrogens with zero attached hydrogens (tertiary/aromatic N) is 1. The maximum Gasteiger partial charge on any atom is 0.329 e. The van der Waals surface area contributed by atoms with Gasteiger partial charge < -0.3 is 5.32 Å². The fraction of sp³-hybridized carbons (Fsp3) is 0.111. The van der Waals surface area contributed by atoms with Crippen LogP contribution >= 0.6 is 0 Å². The second-order valence-corrected chi connectivity index (χ2v) is 5.42. The van der Waals surface area contributed by atoms with Gasteiger partial charge in [-0.3, -0.25) is 9.69 Å². The zero-order valence-corrected chi connectivity index (χ0v) is 12.5. The average molecular weight is 310 g/mol. The van der Waals surface area contributed by atoms with Crippen LogP contribution in [0.2, 0.25) is 0 Å². The molecule has 0 atom stereocenters. The first-order valence-corrected chi connectivity index (χ1v) is 7.18. The smallest absolute Gasteiger partial charge is 0.303 e. The van der Waals surface area contributed by atoms with Crippen molar-refractivity contribution in [3.05, 3.63) is 76.7 Å². The summed E-state index contributed by atoms with van der Waals surface area (Å²) in [5, 5.41) is 2.55. The van der Waals surface area contributed by atoms with Crippen molar-refractivity contribution in [2.75, 3.05) is 0 Å². The predicted molar refractivity (Wildman–Crippen MR) is 84.6 cm³/mol. The Bertz CT molecular complexity index is 780. The van der Waals surface area contributed by atoms with Crippen LogP contribution in [0.15, 0.2) is 54.2 Å². The van der Waals surface area contributed by atoms with Gasteiger partial charge in [-0.05, 0) is 36.3 Å². The van der Waals surface area contributed by atoms with E-state index in [2.05, 4.69) is 5.32 Å². The predicted octanol–water partition coefficient (Wildman–Crippen LogP) is 3.23. The van der Waals surface area contributed by atoms with E-state index in [9.17, 15) is 14.0 Å². The second kappa shape index (κ2) is 6.04. The Morgan fingerprint density at radius 3 is 2.35 bits per heavy atom. The summed E-state index contributed by atoms with van der Waals surface area (Å²) in [7, 11) is 0. The minimum Gasteiger partial charge on any atom is -0.303 e. The number of imide groups is 1. The number of hydrogen-bond acceptors (Lipinski definition) is 2. The number of amides is 3. The fourth-order valence-electron chi connectivity index (χ4n) is 2.32. The van der Waals surface area contributed by atoms with Crippen molar-refractivity contribution in [1.29, 1.82) is 0 Å². The Kier molecular flexibility index (Phi) is 3.93. The molecule has 1 aliphatic heterocycles. The summed E-state index contributed by atoms with van der Waals surface area (Å²) < 4.78 is 12.9. The first-order chi connectivity index (χ1) is 11.0. The summed E-state index contributed by atoms with van der Waals surface area (Å²) in [4.78, 5) is 25.5. The molecule has 4 nitrogen and oxygen atoms in total. The summed E-state index contributed by atoms with van der Waals surface area (Å²) in [6.07, 6.45) is 1.54. The lowest BCUT2D eigenvalue weighted by molar-refractivity contribution is -0.123. The van der Waals surface area contributed by atoms with Gasteiger partial charge in [-0.1, -0.05) is 42.0 Å². The van der Waals surface area contributed by atoms with E-state index in [0.717, 1.165) is 16.0 Å². The van der Waals surface area contributed by atoms with Crippen LogP contribution in [-0.4, -0.2) is 16.8 Å². The van der Waals surface area contributed by atoms with Crippen molar-refractivity contribution in [2.45, 2.75) is 13.5 Å². The highest BCUT2D eigenvalue weighted by molar-refractivity contribution is 6.13. The molecule has 116 valence electrons. The molecule has 0 aliphatic carbocycles. The molecule has 3 amide bonds. The number of benzene rings is 2. The zero-order chi connectivity index (χ0) is 16.4. The molecule has 1 fully saturated rings. The fourth-order valence-corrected chi connectivity index (χ4v) is 2.32. The molecule has 2 aromatic rings. The van der Waals surface area contributed by atoms with Crippen molar-refractivity contribution < 1.29 is 14.0 Å². The van der Waals surface area contributed by atoms with E-state index in [1.165, 1.54) is 18.2 Å². The van der Waals surface area contributed by atoms with Crippen LogP contribution in [0.1, 0.15) is 16.7 Å². The van der Waals surface area contributed by atoms with E-state index in [0.29, 0.717) is 5.56 Å². The third kappa shape index (κ3) is 3.29. The number of carbonyl (C=O) groups is 2. The van der Waals surface area contributed by atoms with E-state index >= 15 is 0 Å². The highest BCUT2D eigenvalue weighted by Crippen LogP contribution is 2.17. The molecule has 0 saturated carbocycles. The Labute approximate surface area is 133 Å². The quantitative estimate of drug-likeness (QED) is 0.699. The zero-order valence-electron chi connectivity index (χ0n) is 12.5.